The maximum Gasteiger partial charge on any atom is 0.291 e. The van der Waals surface area contributed by atoms with Gasteiger partial charge < -0.3 is 4.74 Å². The highest BCUT2D eigenvalue weighted by Gasteiger charge is 2.15. The maximum absolute atomic E-state index is 13.4. The van der Waals surface area contributed by atoms with Crippen LogP contribution in [0.4, 0.5) is 0 Å². The molecule has 4 aromatic carbocycles. The van der Waals surface area contributed by atoms with Crippen LogP contribution >= 0.6 is 11.3 Å². The molecule has 0 N–H and O–H groups in total. The molecule has 0 fully saturated rings. The summed E-state index contributed by atoms with van der Waals surface area (Å²) in [6.45, 7) is 4.10. The standard InChI is InChI=1S/C33H23N5O2S/c1-2-18-40-28-16-14-23(15-17-28)31-34-33-38(36-31)32(39)29(41-33)20-26-21-37(27-10-4-3-5-11-27)35-30(26)25-13-12-22-8-6-7-9-24(22)19-25/h2-17,19-21H,1,18H2/b29-20-. The summed E-state index contributed by atoms with van der Waals surface area (Å²) in [6, 6.07) is 31.9. The van der Waals surface area contributed by atoms with Crippen LogP contribution in [0.25, 0.3) is 50.1 Å². The van der Waals surface area contributed by atoms with Crippen molar-refractivity contribution in [3.8, 4) is 34.1 Å². The fourth-order valence-corrected chi connectivity index (χ4v) is 5.62. The van der Waals surface area contributed by atoms with E-state index in [1.807, 2.05) is 83.7 Å². The van der Waals surface area contributed by atoms with Crippen LogP contribution in [-0.2, 0) is 0 Å². The van der Waals surface area contributed by atoms with E-state index in [9.17, 15) is 4.79 Å². The van der Waals surface area contributed by atoms with Crippen molar-refractivity contribution < 1.29 is 4.74 Å². The molecule has 7 rings (SSSR count). The lowest BCUT2D eigenvalue weighted by Crippen LogP contribution is -2.23. The average Bonchev–Trinajstić information content (AvgIpc) is 3.71. The summed E-state index contributed by atoms with van der Waals surface area (Å²) in [5.74, 6) is 1.22. The molecule has 0 spiro atoms. The summed E-state index contributed by atoms with van der Waals surface area (Å²) in [5.41, 5.74) is 4.12. The van der Waals surface area contributed by atoms with Crippen LogP contribution in [-0.4, -0.2) is 31.0 Å². The van der Waals surface area contributed by atoms with Crippen molar-refractivity contribution in [1.29, 1.82) is 0 Å². The molecule has 0 saturated heterocycles. The molecule has 0 atom stereocenters. The number of para-hydroxylation sites is 1. The monoisotopic (exact) mass is 553 g/mol. The minimum Gasteiger partial charge on any atom is -0.490 e. The molecule has 8 heteroatoms. The third-order valence-corrected chi connectivity index (χ3v) is 7.69. The molecule has 0 saturated carbocycles. The average molecular weight is 554 g/mol. The normalized spacial score (nSPS) is 11.9. The van der Waals surface area contributed by atoms with E-state index in [1.54, 1.807) is 6.08 Å². The van der Waals surface area contributed by atoms with Gasteiger partial charge in [-0.25, -0.2) is 4.68 Å². The molecular formula is C33H23N5O2S. The Balaban J connectivity index is 1.31. The van der Waals surface area contributed by atoms with Gasteiger partial charge in [-0.05, 0) is 59.3 Å². The van der Waals surface area contributed by atoms with Gasteiger partial charge in [-0.3, -0.25) is 4.79 Å². The first-order valence-electron chi connectivity index (χ1n) is 13.1. The Labute approximate surface area is 238 Å². The Bertz CT molecular complexity index is 2140. The zero-order valence-electron chi connectivity index (χ0n) is 21.8. The van der Waals surface area contributed by atoms with Crippen LogP contribution < -0.4 is 14.8 Å². The highest BCUT2D eigenvalue weighted by molar-refractivity contribution is 7.15. The lowest BCUT2D eigenvalue weighted by atomic mass is 10.0. The fourth-order valence-electron chi connectivity index (χ4n) is 4.72. The van der Waals surface area contributed by atoms with Gasteiger partial charge in [-0.1, -0.05) is 78.6 Å². The topological polar surface area (TPSA) is 74.3 Å². The van der Waals surface area contributed by atoms with Gasteiger partial charge in [0.15, 0.2) is 5.82 Å². The summed E-state index contributed by atoms with van der Waals surface area (Å²) in [5, 5.41) is 11.7. The highest BCUT2D eigenvalue weighted by atomic mass is 32.1. The largest absolute Gasteiger partial charge is 0.490 e. The fraction of sp³-hybridized carbons (Fsp3) is 0.0303. The number of hydrogen-bond acceptors (Lipinski definition) is 6. The van der Waals surface area contributed by atoms with Crippen molar-refractivity contribution in [2.24, 2.45) is 0 Å². The Morgan fingerprint density at radius 2 is 1.61 bits per heavy atom. The first kappa shape index (κ1) is 24.7. The quantitative estimate of drug-likeness (QED) is 0.229. The Kier molecular flexibility index (Phi) is 6.22. The number of ether oxygens (including phenoxy) is 1. The van der Waals surface area contributed by atoms with E-state index >= 15 is 0 Å². The zero-order chi connectivity index (χ0) is 27.8. The maximum atomic E-state index is 13.4. The minimum absolute atomic E-state index is 0.216. The Morgan fingerprint density at radius 1 is 0.854 bits per heavy atom. The van der Waals surface area contributed by atoms with Crippen molar-refractivity contribution in [2.75, 3.05) is 6.61 Å². The van der Waals surface area contributed by atoms with Gasteiger partial charge in [0, 0.05) is 22.9 Å². The third kappa shape index (κ3) is 4.70. The van der Waals surface area contributed by atoms with Gasteiger partial charge in [0.2, 0.25) is 4.96 Å². The molecule has 0 aliphatic rings. The summed E-state index contributed by atoms with van der Waals surface area (Å²) in [6.07, 6.45) is 5.53. The SMILES string of the molecule is C=CCOc1ccc(-c2nc3s/c(=C\c4cn(-c5ccccc5)nc4-c4ccc5ccccc5c4)c(=O)n3n2)cc1. The molecule has 0 aliphatic heterocycles. The van der Waals surface area contributed by atoms with Crippen LogP contribution in [0, 0.1) is 0 Å². The number of nitrogens with zero attached hydrogens (tertiary/aromatic N) is 5. The molecule has 0 bridgehead atoms. The van der Waals surface area contributed by atoms with Crippen LogP contribution in [0.2, 0.25) is 0 Å². The number of rotatable bonds is 7. The van der Waals surface area contributed by atoms with E-state index in [4.69, 9.17) is 9.84 Å². The smallest absolute Gasteiger partial charge is 0.291 e. The number of aromatic nitrogens is 5. The second-order valence-corrected chi connectivity index (χ2v) is 10.5. The lowest BCUT2D eigenvalue weighted by molar-refractivity contribution is 0.363. The first-order valence-corrected chi connectivity index (χ1v) is 13.9. The second-order valence-electron chi connectivity index (χ2n) is 9.44. The first-order chi connectivity index (χ1) is 20.2. The predicted octanol–water partition coefficient (Wildman–Crippen LogP) is 5.94. The van der Waals surface area contributed by atoms with Gasteiger partial charge in [0.1, 0.15) is 18.1 Å². The van der Waals surface area contributed by atoms with E-state index in [-0.39, 0.29) is 5.56 Å². The van der Waals surface area contributed by atoms with Crippen LogP contribution in [0.15, 0.2) is 121 Å². The molecule has 0 unspecified atom stereocenters. The molecule has 0 radical (unpaired) electrons. The van der Waals surface area contributed by atoms with Crippen molar-refractivity contribution >= 4 is 33.1 Å². The highest BCUT2D eigenvalue weighted by Crippen LogP contribution is 2.28. The van der Waals surface area contributed by atoms with E-state index < -0.39 is 0 Å². The molecule has 7 nitrogen and oxygen atoms in total. The van der Waals surface area contributed by atoms with Crippen molar-refractivity contribution in [3.05, 3.63) is 136 Å². The van der Waals surface area contributed by atoms with Crippen LogP contribution in [0.3, 0.4) is 0 Å². The summed E-state index contributed by atoms with van der Waals surface area (Å²) in [4.78, 5) is 18.6. The number of fused-ring (bicyclic) bond motifs is 2. The zero-order valence-corrected chi connectivity index (χ0v) is 22.7. The van der Waals surface area contributed by atoms with E-state index in [0.29, 0.717) is 21.9 Å². The van der Waals surface area contributed by atoms with Crippen LogP contribution in [0.5, 0.6) is 5.75 Å². The van der Waals surface area contributed by atoms with Gasteiger partial charge in [0.25, 0.3) is 5.56 Å². The number of benzene rings is 4. The van der Waals surface area contributed by atoms with Crippen molar-refractivity contribution in [2.45, 2.75) is 0 Å². The van der Waals surface area contributed by atoms with Gasteiger partial charge in [0.05, 0.1) is 10.2 Å². The van der Waals surface area contributed by atoms with Crippen molar-refractivity contribution in [3.63, 3.8) is 0 Å². The van der Waals surface area contributed by atoms with Gasteiger partial charge in [-0.15, -0.1) is 5.10 Å². The Hall–Kier alpha value is -5.34. The van der Waals surface area contributed by atoms with Crippen molar-refractivity contribution in [1.82, 2.24) is 24.4 Å². The number of hydrogen-bond donors (Lipinski definition) is 0. The molecule has 41 heavy (non-hydrogen) atoms. The molecule has 7 aromatic rings. The summed E-state index contributed by atoms with van der Waals surface area (Å²) in [7, 11) is 0. The molecule has 198 valence electrons. The van der Waals surface area contributed by atoms with E-state index in [2.05, 4.69) is 47.0 Å². The molecule has 3 heterocycles. The van der Waals surface area contributed by atoms with Gasteiger partial charge in [-0.2, -0.15) is 14.6 Å². The van der Waals surface area contributed by atoms with E-state index in [1.165, 1.54) is 15.9 Å². The molecular weight excluding hydrogens is 530 g/mol. The van der Waals surface area contributed by atoms with Crippen LogP contribution in [0.1, 0.15) is 5.56 Å². The molecule has 0 aliphatic carbocycles. The molecule has 0 amide bonds. The minimum atomic E-state index is -0.216. The lowest BCUT2D eigenvalue weighted by Gasteiger charge is -2.03. The molecule has 3 aromatic heterocycles. The summed E-state index contributed by atoms with van der Waals surface area (Å²) >= 11 is 1.31. The van der Waals surface area contributed by atoms with E-state index in [0.717, 1.165) is 44.6 Å². The predicted molar refractivity (Wildman–Crippen MR) is 164 cm³/mol. The summed E-state index contributed by atoms with van der Waals surface area (Å²) < 4.78 is 9.30. The van der Waals surface area contributed by atoms with Gasteiger partial charge >= 0.3 is 0 Å². The number of thiazole rings is 1. The Morgan fingerprint density at radius 3 is 2.39 bits per heavy atom. The second kappa shape index (κ2) is 10.3. The third-order valence-electron chi connectivity index (χ3n) is 6.73.